The van der Waals surface area contributed by atoms with E-state index in [1.807, 2.05) is 0 Å². The Morgan fingerprint density at radius 2 is 2.05 bits per heavy atom. The summed E-state index contributed by atoms with van der Waals surface area (Å²) in [5.74, 6) is -1.02. The molecule has 0 unspecified atom stereocenters. The van der Waals surface area contributed by atoms with Crippen LogP contribution >= 0.6 is 39.1 Å². The van der Waals surface area contributed by atoms with Crippen molar-refractivity contribution in [2.45, 2.75) is 0 Å². The lowest BCUT2D eigenvalue weighted by Gasteiger charge is -2.12. The number of carboxylic acids is 1. The number of nitrogens with one attached hydrogen (secondary N) is 1. The first kappa shape index (κ1) is 14.9. The van der Waals surface area contributed by atoms with Gasteiger partial charge in [0.25, 0.3) is 0 Å². The van der Waals surface area contributed by atoms with E-state index in [9.17, 15) is 4.79 Å². The lowest BCUT2D eigenvalue weighted by molar-refractivity contribution is 0.0697. The Labute approximate surface area is 132 Å². The molecule has 0 saturated heterocycles. The van der Waals surface area contributed by atoms with Crippen molar-refractivity contribution in [1.82, 2.24) is 4.98 Å². The molecule has 1 aromatic carbocycles. The van der Waals surface area contributed by atoms with Gasteiger partial charge in [0.15, 0.2) is 0 Å². The average Bonchev–Trinajstić information content (AvgIpc) is 2.41. The summed E-state index contributed by atoms with van der Waals surface area (Å²) >= 11 is 15.3. The summed E-state index contributed by atoms with van der Waals surface area (Å²) in [6.07, 6.45) is 1.35. The SMILES string of the molecule is Nc1cnc(Nc2ccc(Br)c(Cl)c2Cl)c(C(=O)O)c1. The van der Waals surface area contributed by atoms with Crippen molar-refractivity contribution in [2.24, 2.45) is 0 Å². The molecule has 2 aromatic rings. The number of carbonyl (C=O) groups is 1. The van der Waals surface area contributed by atoms with E-state index in [4.69, 9.17) is 34.0 Å². The second-order valence-corrected chi connectivity index (χ2v) is 5.43. The van der Waals surface area contributed by atoms with Gasteiger partial charge in [-0.05, 0) is 34.1 Å². The molecule has 4 N–H and O–H groups in total. The largest absolute Gasteiger partial charge is 0.478 e. The van der Waals surface area contributed by atoms with Crippen LogP contribution in [0.4, 0.5) is 17.2 Å². The van der Waals surface area contributed by atoms with Crippen LogP contribution in [0.5, 0.6) is 0 Å². The predicted molar refractivity (Wildman–Crippen MR) is 83.1 cm³/mol. The van der Waals surface area contributed by atoms with Crippen molar-refractivity contribution in [3.05, 3.63) is 44.5 Å². The highest BCUT2D eigenvalue weighted by atomic mass is 79.9. The van der Waals surface area contributed by atoms with Gasteiger partial charge in [-0.2, -0.15) is 0 Å². The highest BCUT2D eigenvalue weighted by molar-refractivity contribution is 9.10. The van der Waals surface area contributed by atoms with E-state index in [-0.39, 0.29) is 22.1 Å². The van der Waals surface area contributed by atoms with Crippen molar-refractivity contribution in [1.29, 1.82) is 0 Å². The van der Waals surface area contributed by atoms with Crippen molar-refractivity contribution in [3.63, 3.8) is 0 Å². The van der Waals surface area contributed by atoms with Crippen LogP contribution in [0.15, 0.2) is 28.9 Å². The molecule has 1 heterocycles. The molecule has 8 heteroatoms. The van der Waals surface area contributed by atoms with E-state index in [1.54, 1.807) is 12.1 Å². The van der Waals surface area contributed by atoms with Crippen LogP contribution in [-0.2, 0) is 0 Å². The van der Waals surface area contributed by atoms with Gasteiger partial charge in [0.1, 0.15) is 11.4 Å². The van der Waals surface area contributed by atoms with Crippen molar-refractivity contribution < 1.29 is 9.90 Å². The fourth-order valence-electron chi connectivity index (χ4n) is 1.49. The van der Waals surface area contributed by atoms with Crippen LogP contribution in [0.25, 0.3) is 0 Å². The Balaban J connectivity index is 2.45. The first-order valence-corrected chi connectivity index (χ1v) is 6.84. The fraction of sp³-hybridized carbons (Fsp3) is 0. The summed E-state index contributed by atoms with van der Waals surface area (Å²) < 4.78 is 0.637. The summed E-state index contributed by atoms with van der Waals surface area (Å²) in [5.41, 5.74) is 6.17. The standard InChI is InChI=1S/C12H8BrCl2N3O2/c13-7-1-2-8(10(15)9(7)14)18-11-6(12(19)20)3-5(16)4-17-11/h1-4H,16H2,(H,17,18)(H,19,20). The summed E-state index contributed by atoms with van der Waals surface area (Å²) in [6, 6.07) is 4.66. The lowest BCUT2D eigenvalue weighted by Crippen LogP contribution is -2.06. The second-order valence-electron chi connectivity index (χ2n) is 3.82. The van der Waals surface area contributed by atoms with Crippen LogP contribution in [0, 0.1) is 0 Å². The molecule has 104 valence electrons. The number of aromatic nitrogens is 1. The van der Waals surface area contributed by atoms with E-state index in [0.29, 0.717) is 15.2 Å². The number of hydrogen-bond acceptors (Lipinski definition) is 4. The molecule has 0 aliphatic heterocycles. The second kappa shape index (κ2) is 5.87. The maximum Gasteiger partial charge on any atom is 0.339 e. The number of benzene rings is 1. The van der Waals surface area contributed by atoms with Crippen molar-refractivity contribution >= 4 is 62.3 Å². The van der Waals surface area contributed by atoms with Gasteiger partial charge in [-0.25, -0.2) is 9.78 Å². The topological polar surface area (TPSA) is 88.2 Å². The van der Waals surface area contributed by atoms with Crippen molar-refractivity contribution in [2.75, 3.05) is 11.1 Å². The molecule has 0 saturated carbocycles. The van der Waals surface area contributed by atoms with Gasteiger partial charge in [0, 0.05) is 4.47 Å². The monoisotopic (exact) mass is 375 g/mol. The molecule has 0 fully saturated rings. The maximum absolute atomic E-state index is 11.2. The smallest absolute Gasteiger partial charge is 0.339 e. The first-order valence-electron chi connectivity index (χ1n) is 5.29. The molecule has 0 aliphatic carbocycles. The number of carboxylic acid groups (broad SMARTS) is 1. The Morgan fingerprint density at radius 3 is 2.70 bits per heavy atom. The summed E-state index contributed by atoms with van der Waals surface area (Å²) in [4.78, 5) is 15.1. The number of nitrogens with two attached hydrogens (primary N) is 1. The number of anilines is 3. The van der Waals surface area contributed by atoms with Crippen LogP contribution in [-0.4, -0.2) is 16.1 Å². The Kier molecular flexibility index (Phi) is 4.37. The molecule has 0 atom stereocenters. The van der Waals surface area contributed by atoms with Crippen LogP contribution < -0.4 is 11.1 Å². The van der Waals surface area contributed by atoms with Gasteiger partial charge in [-0.3, -0.25) is 0 Å². The third kappa shape index (κ3) is 2.98. The van der Waals surface area contributed by atoms with E-state index in [1.165, 1.54) is 12.3 Å². The molecular weight excluding hydrogens is 369 g/mol. The van der Waals surface area contributed by atoms with Gasteiger partial charge < -0.3 is 16.2 Å². The highest BCUT2D eigenvalue weighted by Gasteiger charge is 2.15. The molecule has 0 amide bonds. The fourth-order valence-corrected chi connectivity index (χ4v) is 2.31. The normalized spacial score (nSPS) is 10.3. The Hall–Kier alpha value is -1.50. The van der Waals surface area contributed by atoms with E-state index in [2.05, 4.69) is 26.2 Å². The Bertz CT molecular complexity index is 695. The predicted octanol–water partition coefficient (Wildman–Crippen LogP) is 4.17. The average molecular weight is 377 g/mol. The molecule has 0 radical (unpaired) electrons. The molecule has 0 bridgehead atoms. The number of hydrogen-bond donors (Lipinski definition) is 3. The van der Waals surface area contributed by atoms with E-state index in [0.717, 1.165) is 0 Å². The van der Waals surface area contributed by atoms with Crippen LogP contribution in [0.3, 0.4) is 0 Å². The lowest BCUT2D eigenvalue weighted by atomic mass is 10.2. The van der Waals surface area contributed by atoms with Crippen LogP contribution in [0.1, 0.15) is 10.4 Å². The third-order valence-electron chi connectivity index (χ3n) is 2.43. The zero-order valence-electron chi connectivity index (χ0n) is 9.82. The number of pyridine rings is 1. The number of nitrogen functional groups attached to an aromatic ring is 1. The minimum atomic E-state index is -1.15. The zero-order valence-corrected chi connectivity index (χ0v) is 12.9. The minimum absolute atomic E-state index is 0.0555. The Morgan fingerprint density at radius 1 is 1.35 bits per heavy atom. The van der Waals surface area contributed by atoms with Gasteiger partial charge in [0.2, 0.25) is 0 Å². The number of halogens is 3. The molecule has 20 heavy (non-hydrogen) atoms. The third-order valence-corrected chi connectivity index (χ3v) is 4.20. The van der Waals surface area contributed by atoms with Gasteiger partial charge >= 0.3 is 5.97 Å². The molecular formula is C12H8BrCl2N3O2. The molecule has 0 aliphatic rings. The van der Waals surface area contributed by atoms with Crippen molar-refractivity contribution in [3.8, 4) is 0 Å². The number of nitrogens with zero attached hydrogens (tertiary/aromatic N) is 1. The van der Waals surface area contributed by atoms with E-state index >= 15 is 0 Å². The summed E-state index contributed by atoms with van der Waals surface area (Å²) in [6.45, 7) is 0. The minimum Gasteiger partial charge on any atom is -0.478 e. The summed E-state index contributed by atoms with van der Waals surface area (Å²) in [7, 11) is 0. The number of rotatable bonds is 3. The van der Waals surface area contributed by atoms with Gasteiger partial charge in [-0.1, -0.05) is 23.2 Å². The quantitative estimate of drug-likeness (QED) is 0.699. The molecule has 5 nitrogen and oxygen atoms in total. The number of aromatic carboxylic acids is 1. The molecule has 1 aromatic heterocycles. The molecule has 2 rings (SSSR count). The molecule has 0 spiro atoms. The van der Waals surface area contributed by atoms with Crippen LogP contribution in [0.2, 0.25) is 10.0 Å². The first-order chi connectivity index (χ1) is 9.40. The van der Waals surface area contributed by atoms with Gasteiger partial charge in [-0.15, -0.1) is 0 Å². The highest BCUT2D eigenvalue weighted by Crippen LogP contribution is 2.37. The maximum atomic E-state index is 11.2. The summed E-state index contributed by atoms with van der Waals surface area (Å²) in [5, 5.41) is 12.6. The zero-order chi connectivity index (χ0) is 14.9. The van der Waals surface area contributed by atoms with E-state index < -0.39 is 5.97 Å². The van der Waals surface area contributed by atoms with Gasteiger partial charge in [0.05, 0.1) is 27.6 Å².